The van der Waals surface area contributed by atoms with Gasteiger partial charge in [-0.25, -0.2) is 9.59 Å². The van der Waals surface area contributed by atoms with Gasteiger partial charge in [-0.15, -0.1) is 0 Å². The largest absolute Gasteiger partial charge is 0.507 e. The van der Waals surface area contributed by atoms with Gasteiger partial charge in [0.25, 0.3) is 0 Å². The van der Waals surface area contributed by atoms with Gasteiger partial charge in [-0.2, -0.15) is 0 Å². The zero-order valence-electron chi connectivity index (χ0n) is 23.0. The second-order valence-corrected chi connectivity index (χ2v) is 12.1. The second kappa shape index (κ2) is 10.2. The summed E-state index contributed by atoms with van der Waals surface area (Å²) in [6.07, 6.45) is -0.712. The molecule has 6 heteroatoms. The van der Waals surface area contributed by atoms with Gasteiger partial charge < -0.3 is 20.3 Å². The number of carbonyl (C=O) groups is 2. The zero-order chi connectivity index (χ0) is 27.8. The number of hydrogen-bond donors (Lipinski definition) is 3. The maximum atomic E-state index is 12.8. The lowest BCUT2D eigenvalue weighted by molar-refractivity contribution is -0.139. The molecule has 0 heterocycles. The first-order valence-electron chi connectivity index (χ1n) is 13.0. The van der Waals surface area contributed by atoms with E-state index in [0.717, 1.165) is 38.9 Å². The standard InChI is InChI=1S/C32H37NO5/c1-31(2,3)25-15-19(16-26(28(25)34)32(4,5)6)17-27(29(35)36)33-30(37)38-18-24-22-13-9-7-11-20(22)21-12-8-10-14-23(21)24/h7-16,24,27,34H,17-18H2,1-6H3,(H,33,37)(H,35,36)/t27-/m0/s1. The number of nitrogens with one attached hydrogen (secondary N) is 1. The molecule has 0 aromatic heterocycles. The quantitative estimate of drug-likeness (QED) is 0.347. The Bertz CT molecular complexity index is 1280. The third-order valence-electron chi connectivity index (χ3n) is 7.16. The first kappa shape index (κ1) is 27.2. The molecular formula is C32H37NO5. The van der Waals surface area contributed by atoms with E-state index in [9.17, 15) is 19.8 Å². The number of aromatic hydroxyl groups is 1. The van der Waals surface area contributed by atoms with Gasteiger partial charge in [0.05, 0.1) is 0 Å². The summed E-state index contributed by atoms with van der Waals surface area (Å²) in [4.78, 5) is 24.9. The van der Waals surface area contributed by atoms with Crippen LogP contribution >= 0.6 is 0 Å². The summed E-state index contributed by atoms with van der Waals surface area (Å²) < 4.78 is 5.58. The Morgan fingerprint density at radius 3 is 1.79 bits per heavy atom. The van der Waals surface area contributed by atoms with E-state index in [4.69, 9.17) is 4.74 Å². The third-order valence-corrected chi connectivity index (χ3v) is 7.16. The lowest BCUT2D eigenvalue weighted by Crippen LogP contribution is -2.43. The van der Waals surface area contributed by atoms with Gasteiger partial charge in [-0.3, -0.25) is 0 Å². The number of carboxylic acid groups (broad SMARTS) is 1. The maximum Gasteiger partial charge on any atom is 0.407 e. The SMILES string of the molecule is CC(C)(C)c1cc(C[C@H](NC(=O)OCC2c3ccccc3-c3ccccc32)C(=O)O)cc(C(C)(C)C)c1O. The molecule has 0 saturated carbocycles. The molecule has 0 unspecified atom stereocenters. The average molecular weight is 516 g/mol. The van der Waals surface area contributed by atoms with E-state index in [1.54, 1.807) is 0 Å². The third kappa shape index (κ3) is 5.54. The first-order chi connectivity index (χ1) is 17.8. The van der Waals surface area contributed by atoms with Crippen LogP contribution in [0.2, 0.25) is 0 Å². The molecule has 1 aliphatic rings. The van der Waals surface area contributed by atoms with Crippen LogP contribution in [0.25, 0.3) is 11.1 Å². The highest BCUT2D eigenvalue weighted by molar-refractivity contribution is 5.81. The van der Waals surface area contributed by atoms with Crippen LogP contribution in [-0.2, 0) is 26.8 Å². The van der Waals surface area contributed by atoms with Crippen molar-refractivity contribution in [2.45, 2.75) is 70.8 Å². The fourth-order valence-electron chi connectivity index (χ4n) is 5.17. The molecule has 3 N–H and O–H groups in total. The van der Waals surface area contributed by atoms with Gasteiger partial charge in [0, 0.05) is 12.3 Å². The van der Waals surface area contributed by atoms with Crippen molar-refractivity contribution in [2.24, 2.45) is 0 Å². The topological polar surface area (TPSA) is 95.9 Å². The minimum atomic E-state index is -1.18. The number of hydrogen-bond acceptors (Lipinski definition) is 4. The van der Waals surface area contributed by atoms with Crippen LogP contribution in [-0.4, -0.2) is 34.9 Å². The van der Waals surface area contributed by atoms with E-state index < -0.39 is 18.1 Å². The Morgan fingerprint density at radius 2 is 1.34 bits per heavy atom. The zero-order valence-corrected chi connectivity index (χ0v) is 23.0. The van der Waals surface area contributed by atoms with Crippen LogP contribution < -0.4 is 5.32 Å². The fourth-order valence-corrected chi connectivity index (χ4v) is 5.17. The molecule has 0 bridgehead atoms. The number of carbonyl (C=O) groups excluding carboxylic acids is 1. The van der Waals surface area contributed by atoms with Crippen molar-refractivity contribution < 1.29 is 24.5 Å². The van der Waals surface area contributed by atoms with Gasteiger partial charge in [0.1, 0.15) is 18.4 Å². The molecule has 1 aliphatic carbocycles. The monoisotopic (exact) mass is 515 g/mol. The lowest BCUT2D eigenvalue weighted by atomic mass is 9.78. The van der Waals surface area contributed by atoms with Crippen molar-refractivity contribution in [2.75, 3.05) is 6.61 Å². The second-order valence-electron chi connectivity index (χ2n) is 12.1. The molecule has 3 aromatic carbocycles. The summed E-state index contributed by atoms with van der Waals surface area (Å²) in [5, 5.41) is 23.4. The van der Waals surface area contributed by atoms with Crippen molar-refractivity contribution in [3.8, 4) is 16.9 Å². The van der Waals surface area contributed by atoms with Gasteiger partial charge in [0.2, 0.25) is 0 Å². The van der Waals surface area contributed by atoms with Crippen LogP contribution in [0.15, 0.2) is 60.7 Å². The number of phenolic OH excluding ortho intramolecular Hbond substituents is 1. The molecular weight excluding hydrogens is 478 g/mol. The molecule has 1 atom stereocenters. The Hall–Kier alpha value is -3.80. The lowest BCUT2D eigenvalue weighted by Gasteiger charge is -2.28. The first-order valence-corrected chi connectivity index (χ1v) is 13.0. The fraction of sp³-hybridized carbons (Fsp3) is 0.375. The number of fused-ring (bicyclic) bond motifs is 3. The molecule has 0 fully saturated rings. The van der Waals surface area contributed by atoms with Crippen molar-refractivity contribution >= 4 is 12.1 Å². The maximum absolute atomic E-state index is 12.8. The van der Waals surface area contributed by atoms with E-state index in [1.807, 2.05) is 90.1 Å². The number of rotatable bonds is 6. The molecule has 1 amide bonds. The number of ether oxygens (including phenoxy) is 1. The van der Waals surface area contributed by atoms with Crippen LogP contribution in [0.1, 0.15) is 75.3 Å². The van der Waals surface area contributed by atoms with Crippen LogP contribution in [0, 0.1) is 0 Å². The van der Waals surface area contributed by atoms with Crippen molar-refractivity contribution in [3.63, 3.8) is 0 Å². The molecule has 3 aromatic rings. The summed E-state index contributed by atoms with van der Waals surface area (Å²) >= 11 is 0. The number of benzene rings is 3. The number of aliphatic carboxylic acids is 1. The Morgan fingerprint density at radius 1 is 0.868 bits per heavy atom. The Balaban J connectivity index is 1.51. The molecule has 0 aliphatic heterocycles. The summed E-state index contributed by atoms with van der Waals surface area (Å²) in [6, 6.07) is 18.6. The molecule has 0 saturated heterocycles. The number of phenols is 1. The van der Waals surface area contributed by atoms with Crippen molar-refractivity contribution in [3.05, 3.63) is 88.5 Å². The van der Waals surface area contributed by atoms with E-state index >= 15 is 0 Å². The minimum Gasteiger partial charge on any atom is -0.507 e. The average Bonchev–Trinajstić information content (AvgIpc) is 3.15. The minimum absolute atomic E-state index is 0.0615. The highest BCUT2D eigenvalue weighted by Crippen LogP contribution is 2.44. The van der Waals surface area contributed by atoms with Crippen molar-refractivity contribution in [1.82, 2.24) is 5.32 Å². The number of carboxylic acids is 1. The van der Waals surface area contributed by atoms with E-state index in [-0.39, 0.29) is 35.5 Å². The summed E-state index contributed by atoms with van der Waals surface area (Å²) in [6.45, 7) is 12.1. The van der Waals surface area contributed by atoms with Crippen LogP contribution in [0.5, 0.6) is 5.75 Å². The number of alkyl carbamates (subject to hydrolysis) is 1. The molecule has 0 spiro atoms. The predicted molar refractivity (Wildman–Crippen MR) is 149 cm³/mol. The summed E-state index contributed by atoms with van der Waals surface area (Å²) in [7, 11) is 0. The Kier molecular flexibility index (Phi) is 7.29. The summed E-state index contributed by atoms with van der Waals surface area (Å²) in [5.74, 6) is -1.04. The van der Waals surface area contributed by atoms with Gasteiger partial charge in [0.15, 0.2) is 0 Å². The van der Waals surface area contributed by atoms with Gasteiger partial charge in [-0.05, 0) is 49.8 Å². The normalized spacial score (nSPS) is 13.9. The van der Waals surface area contributed by atoms with E-state index in [1.165, 1.54) is 0 Å². The highest BCUT2D eigenvalue weighted by atomic mass is 16.5. The van der Waals surface area contributed by atoms with Gasteiger partial charge >= 0.3 is 12.1 Å². The van der Waals surface area contributed by atoms with Crippen molar-refractivity contribution in [1.29, 1.82) is 0 Å². The van der Waals surface area contributed by atoms with Gasteiger partial charge in [-0.1, -0.05) is 102 Å². The Labute approximate surface area is 224 Å². The molecule has 6 nitrogen and oxygen atoms in total. The summed E-state index contributed by atoms with van der Waals surface area (Å²) in [5.41, 5.74) is 5.93. The highest BCUT2D eigenvalue weighted by Gasteiger charge is 2.31. The number of amides is 1. The smallest absolute Gasteiger partial charge is 0.407 e. The molecule has 200 valence electrons. The molecule has 0 radical (unpaired) electrons. The molecule has 38 heavy (non-hydrogen) atoms. The van der Waals surface area contributed by atoms with E-state index in [0.29, 0.717) is 0 Å². The molecule has 4 rings (SSSR count). The van der Waals surface area contributed by atoms with Crippen LogP contribution in [0.4, 0.5) is 4.79 Å². The van der Waals surface area contributed by atoms with E-state index in [2.05, 4.69) is 17.4 Å². The van der Waals surface area contributed by atoms with Crippen LogP contribution in [0.3, 0.4) is 0 Å². The predicted octanol–water partition coefficient (Wildman–Crippen LogP) is 6.52.